The molecule has 6 heteroatoms. The fraction of sp³-hybridized carbons (Fsp3) is 0.364. The van der Waals surface area contributed by atoms with Gasteiger partial charge in [-0.15, -0.1) is 12.4 Å². The van der Waals surface area contributed by atoms with Crippen molar-refractivity contribution >= 4 is 39.6 Å². The second kappa shape index (κ2) is 6.90. The van der Waals surface area contributed by atoms with Gasteiger partial charge >= 0.3 is 5.69 Å². The predicted molar refractivity (Wildman–Crippen MR) is 117 cm³/mol. The Balaban J connectivity index is 0.00000192. The zero-order valence-electron chi connectivity index (χ0n) is 16.2. The number of hydrogen-bond donors (Lipinski definition) is 0. The van der Waals surface area contributed by atoms with E-state index < -0.39 is 0 Å². The predicted octanol–water partition coefficient (Wildman–Crippen LogP) is 3.07. The summed E-state index contributed by atoms with van der Waals surface area (Å²) in [7, 11) is 3.89. The van der Waals surface area contributed by atoms with Crippen molar-refractivity contribution in [1.82, 2.24) is 13.9 Å². The van der Waals surface area contributed by atoms with Crippen molar-refractivity contribution in [2.45, 2.75) is 32.2 Å². The molecule has 1 aliphatic rings. The molecule has 5 nitrogen and oxygen atoms in total. The molecule has 146 valence electrons. The molecule has 0 fully saturated rings. The van der Waals surface area contributed by atoms with Crippen LogP contribution in [0.25, 0.3) is 27.2 Å². The second-order valence-electron chi connectivity index (χ2n) is 7.88. The first-order valence-corrected chi connectivity index (χ1v) is 9.66. The molecular formula is C22H24ClN3O2. The number of hydrogen-bond acceptors (Lipinski definition) is 3. The maximum Gasteiger partial charge on any atom is 0.336 e. The van der Waals surface area contributed by atoms with Gasteiger partial charge in [0, 0.05) is 23.9 Å². The molecule has 0 bridgehead atoms. The minimum Gasteiger partial charge on any atom is -0.308 e. The van der Waals surface area contributed by atoms with Crippen LogP contribution in [0.4, 0.5) is 0 Å². The van der Waals surface area contributed by atoms with E-state index in [-0.39, 0.29) is 23.7 Å². The largest absolute Gasteiger partial charge is 0.336 e. The number of rotatable bonds is 3. The Labute approximate surface area is 168 Å². The Kier molecular flexibility index (Phi) is 4.68. The molecule has 0 radical (unpaired) electrons. The molecule has 1 aliphatic carbocycles. The van der Waals surface area contributed by atoms with Crippen LogP contribution < -0.4 is 11.2 Å². The minimum absolute atomic E-state index is 0. The molecule has 0 saturated heterocycles. The zero-order chi connectivity index (χ0) is 18.7. The lowest BCUT2D eigenvalue weighted by molar-refractivity contribution is 0.376. The second-order valence-corrected chi connectivity index (χ2v) is 7.88. The van der Waals surface area contributed by atoms with E-state index in [0.29, 0.717) is 18.5 Å². The molecule has 4 aromatic rings. The average Bonchev–Trinajstić information content (AvgIpc) is 3.01. The summed E-state index contributed by atoms with van der Waals surface area (Å²) in [6.07, 6.45) is 4.54. The fourth-order valence-corrected chi connectivity index (χ4v) is 4.63. The number of aryl methyl sites for hydroxylation is 2. The smallest absolute Gasteiger partial charge is 0.308 e. The first kappa shape index (κ1) is 19.0. The van der Waals surface area contributed by atoms with E-state index in [2.05, 4.69) is 18.2 Å². The van der Waals surface area contributed by atoms with Gasteiger partial charge in [0.15, 0.2) is 0 Å². The summed E-state index contributed by atoms with van der Waals surface area (Å²) in [5.41, 5.74) is 4.06. The van der Waals surface area contributed by atoms with Crippen LogP contribution in [0.1, 0.15) is 24.0 Å². The molecule has 2 heterocycles. The molecule has 2 aromatic heterocycles. The molecule has 2 aromatic carbocycles. The van der Waals surface area contributed by atoms with Gasteiger partial charge in [-0.05, 0) is 63.0 Å². The molecular weight excluding hydrogens is 374 g/mol. The SMILES string of the molecule is CN(C)CCn1c(=O)c2cccc3c4c5c(ccc4n(c1=O)c23)CCCC5.Cl. The standard InChI is InChI=1S/C22H23N3O2.ClH/c1-23(2)12-13-24-21(26)17-9-5-8-16-19-15-7-4-3-6-14(15)10-11-18(19)25(20(16)17)22(24)27;/h5,8-11H,3-4,6-7,12-13H2,1-2H3;1H. The summed E-state index contributed by atoms with van der Waals surface area (Å²) in [5, 5.41) is 2.83. The molecule has 5 rings (SSSR count). The maximum atomic E-state index is 13.3. The Morgan fingerprint density at radius 1 is 1.00 bits per heavy atom. The highest BCUT2D eigenvalue weighted by atomic mass is 35.5. The lowest BCUT2D eigenvalue weighted by Gasteiger charge is -2.16. The minimum atomic E-state index is -0.226. The lowest BCUT2D eigenvalue weighted by Crippen LogP contribution is -2.39. The van der Waals surface area contributed by atoms with Crippen molar-refractivity contribution in [3.8, 4) is 0 Å². The molecule has 0 N–H and O–H groups in total. The topological polar surface area (TPSA) is 46.7 Å². The van der Waals surface area contributed by atoms with Gasteiger partial charge in [-0.1, -0.05) is 18.2 Å². The van der Waals surface area contributed by atoms with E-state index in [0.717, 1.165) is 29.3 Å². The van der Waals surface area contributed by atoms with Crippen LogP contribution >= 0.6 is 12.4 Å². The summed E-state index contributed by atoms with van der Waals surface area (Å²) < 4.78 is 3.16. The van der Waals surface area contributed by atoms with Gasteiger partial charge in [0.25, 0.3) is 5.56 Å². The summed E-state index contributed by atoms with van der Waals surface area (Å²) in [6.45, 7) is 1.04. The number of para-hydroxylation sites is 1. The molecule has 0 atom stereocenters. The van der Waals surface area contributed by atoms with Crippen LogP contribution in [0.3, 0.4) is 0 Å². The Morgan fingerprint density at radius 3 is 2.54 bits per heavy atom. The van der Waals surface area contributed by atoms with Crippen molar-refractivity contribution in [1.29, 1.82) is 0 Å². The van der Waals surface area contributed by atoms with Crippen molar-refractivity contribution < 1.29 is 0 Å². The monoisotopic (exact) mass is 397 g/mol. The molecule has 0 unspecified atom stereocenters. The van der Waals surface area contributed by atoms with Crippen molar-refractivity contribution in [3.63, 3.8) is 0 Å². The fourth-order valence-electron chi connectivity index (χ4n) is 4.63. The van der Waals surface area contributed by atoms with E-state index in [1.807, 2.05) is 31.1 Å². The average molecular weight is 398 g/mol. The van der Waals surface area contributed by atoms with E-state index in [1.54, 1.807) is 4.40 Å². The van der Waals surface area contributed by atoms with Gasteiger partial charge in [0.2, 0.25) is 0 Å². The lowest BCUT2D eigenvalue weighted by atomic mass is 9.88. The van der Waals surface area contributed by atoms with Gasteiger partial charge in [0.1, 0.15) is 0 Å². The van der Waals surface area contributed by atoms with Crippen LogP contribution in [0, 0.1) is 0 Å². The van der Waals surface area contributed by atoms with Gasteiger partial charge in [-0.25, -0.2) is 4.79 Å². The van der Waals surface area contributed by atoms with Crippen LogP contribution in [-0.4, -0.2) is 34.5 Å². The Morgan fingerprint density at radius 2 is 1.75 bits per heavy atom. The molecule has 0 spiro atoms. The highest BCUT2D eigenvalue weighted by Gasteiger charge is 2.22. The molecule has 0 amide bonds. The van der Waals surface area contributed by atoms with Crippen LogP contribution in [0.15, 0.2) is 39.9 Å². The Hall–Kier alpha value is -2.37. The number of aromatic nitrogens is 2. The van der Waals surface area contributed by atoms with Crippen LogP contribution in [0.5, 0.6) is 0 Å². The number of nitrogens with zero attached hydrogens (tertiary/aromatic N) is 3. The number of benzene rings is 2. The highest BCUT2D eigenvalue weighted by molar-refractivity contribution is 6.15. The molecule has 0 aliphatic heterocycles. The summed E-state index contributed by atoms with van der Waals surface area (Å²) in [4.78, 5) is 28.4. The normalized spacial score (nSPS) is 14.1. The van der Waals surface area contributed by atoms with E-state index in [4.69, 9.17) is 0 Å². The van der Waals surface area contributed by atoms with Gasteiger partial charge in [-0.2, -0.15) is 0 Å². The van der Waals surface area contributed by atoms with Gasteiger partial charge < -0.3 is 4.90 Å². The highest BCUT2D eigenvalue weighted by Crippen LogP contribution is 2.36. The van der Waals surface area contributed by atoms with E-state index >= 15 is 0 Å². The number of fused-ring (bicyclic) bond motifs is 5. The molecule has 0 saturated carbocycles. The maximum absolute atomic E-state index is 13.3. The number of halogens is 1. The molecule has 28 heavy (non-hydrogen) atoms. The third kappa shape index (κ3) is 2.57. The van der Waals surface area contributed by atoms with Gasteiger partial charge in [-0.3, -0.25) is 13.8 Å². The zero-order valence-corrected chi connectivity index (χ0v) is 17.0. The van der Waals surface area contributed by atoms with Crippen molar-refractivity contribution in [3.05, 3.63) is 62.3 Å². The Bertz CT molecular complexity index is 1300. The first-order chi connectivity index (χ1) is 13.1. The number of likely N-dealkylation sites (N-methyl/N-ethyl adjacent to an activating group) is 1. The summed E-state index contributed by atoms with van der Waals surface area (Å²) in [5.74, 6) is 0. The van der Waals surface area contributed by atoms with Crippen LogP contribution in [0.2, 0.25) is 0 Å². The van der Waals surface area contributed by atoms with Crippen LogP contribution in [-0.2, 0) is 19.4 Å². The quantitative estimate of drug-likeness (QED) is 0.533. The first-order valence-electron chi connectivity index (χ1n) is 9.66. The van der Waals surface area contributed by atoms with E-state index in [9.17, 15) is 9.59 Å². The summed E-state index contributed by atoms with van der Waals surface area (Å²) >= 11 is 0. The van der Waals surface area contributed by atoms with Crippen molar-refractivity contribution in [2.75, 3.05) is 20.6 Å². The summed E-state index contributed by atoms with van der Waals surface area (Å²) in [6, 6.07) is 10.1. The van der Waals surface area contributed by atoms with Gasteiger partial charge in [0.05, 0.1) is 16.4 Å². The van der Waals surface area contributed by atoms with E-state index in [1.165, 1.54) is 33.9 Å². The third-order valence-electron chi connectivity index (χ3n) is 5.95. The third-order valence-corrected chi connectivity index (χ3v) is 5.95. The van der Waals surface area contributed by atoms with Crippen molar-refractivity contribution in [2.24, 2.45) is 0 Å².